The van der Waals surface area contributed by atoms with Gasteiger partial charge >= 0.3 is 0 Å². The molecule has 1 amide bonds. The predicted molar refractivity (Wildman–Crippen MR) is 105 cm³/mol. The number of furan rings is 1. The van der Waals surface area contributed by atoms with E-state index in [0.717, 1.165) is 10.9 Å². The second kappa shape index (κ2) is 7.11. The van der Waals surface area contributed by atoms with Crippen molar-refractivity contribution in [2.75, 3.05) is 13.1 Å². The molecule has 1 unspecified atom stereocenters. The number of halogens is 1. The smallest absolute Gasteiger partial charge is 0.289 e. The quantitative estimate of drug-likeness (QED) is 0.647. The fraction of sp³-hybridized carbons (Fsp3) is 0.227. The van der Waals surface area contributed by atoms with Gasteiger partial charge in [0.1, 0.15) is 11.2 Å². The molecule has 1 N–H and O–H groups in total. The molecule has 0 saturated carbocycles. The van der Waals surface area contributed by atoms with Crippen molar-refractivity contribution < 1.29 is 14.3 Å². The van der Waals surface area contributed by atoms with E-state index in [1.807, 2.05) is 36.4 Å². The molecule has 1 aromatic heterocycles. The Morgan fingerprint density at radius 3 is 2.85 bits per heavy atom. The van der Waals surface area contributed by atoms with Gasteiger partial charge in [-0.3, -0.25) is 4.79 Å². The first-order valence-corrected chi connectivity index (χ1v) is 9.19. The average molecular weight is 380 g/mol. The third kappa shape index (κ3) is 3.85. The Bertz CT molecular complexity index is 1030. The van der Waals surface area contributed by atoms with Crippen molar-refractivity contribution in [1.29, 1.82) is 0 Å². The molecular formula is C22H18ClNO3. The highest BCUT2D eigenvalue weighted by Gasteiger charge is 2.35. The molecule has 1 atom stereocenters. The van der Waals surface area contributed by atoms with Crippen LogP contribution in [0.2, 0.25) is 5.02 Å². The summed E-state index contributed by atoms with van der Waals surface area (Å²) in [6, 6.07) is 16.4. The molecule has 4 rings (SSSR count). The number of hydrogen-bond donors (Lipinski definition) is 1. The standard InChI is InChI=1S/C22H18ClNO3/c23-18-7-3-5-16(13-18)9-11-22(26)10-4-12-24(15-22)21(25)20-14-17-6-1-2-8-19(17)27-20/h1-3,5-8,13-14,26H,4,10,12,15H2. The zero-order valence-electron chi connectivity index (χ0n) is 14.6. The summed E-state index contributed by atoms with van der Waals surface area (Å²) in [7, 11) is 0. The summed E-state index contributed by atoms with van der Waals surface area (Å²) in [4.78, 5) is 14.4. The van der Waals surface area contributed by atoms with Crippen LogP contribution in [0.5, 0.6) is 0 Å². The van der Waals surface area contributed by atoms with Gasteiger partial charge in [-0.05, 0) is 43.2 Å². The molecule has 1 fully saturated rings. The van der Waals surface area contributed by atoms with Crippen LogP contribution in [-0.4, -0.2) is 34.6 Å². The lowest BCUT2D eigenvalue weighted by Crippen LogP contribution is -2.49. The summed E-state index contributed by atoms with van der Waals surface area (Å²) in [5.74, 6) is 5.95. The minimum Gasteiger partial charge on any atom is -0.451 e. The highest BCUT2D eigenvalue weighted by molar-refractivity contribution is 6.30. The zero-order valence-corrected chi connectivity index (χ0v) is 15.4. The van der Waals surface area contributed by atoms with Gasteiger partial charge in [-0.25, -0.2) is 0 Å². The van der Waals surface area contributed by atoms with Crippen molar-refractivity contribution in [3.8, 4) is 11.8 Å². The van der Waals surface area contributed by atoms with E-state index in [2.05, 4.69) is 11.8 Å². The Morgan fingerprint density at radius 2 is 2.04 bits per heavy atom. The predicted octanol–water partition coefficient (Wildman–Crippen LogP) is 4.11. The molecule has 1 aliphatic heterocycles. The van der Waals surface area contributed by atoms with Crippen molar-refractivity contribution in [2.45, 2.75) is 18.4 Å². The largest absolute Gasteiger partial charge is 0.451 e. The van der Waals surface area contributed by atoms with E-state index in [4.69, 9.17) is 16.0 Å². The molecule has 0 radical (unpaired) electrons. The number of β-amino-alcohol motifs (C(OH)–C–C–N with tert-alkyl or cyclic N) is 1. The summed E-state index contributed by atoms with van der Waals surface area (Å²) >= 11 is 5.97. The summed E-state index contributed by atoms with van der Waals surface area (Å²) in [5, 5.41) is 12.4. The molecule has 0 spiro atoms. The summed E-state index contributed by atoms with van der Waals surface area (Å²) in [5.41, 5.74) is 0.160. The molecule has 0 bridgehead atoms. The van der Waals surface area contributed by atoms with Gasteiger partial charge in [0.2, 0.25) is 0 Å². The van der Waals surface area contributed by atoms with Crippen LogP contribution in [-0.2, 0) is 0 Å². The Balaban J connectivity index is 1.54. The molecule has 1 aliphatic rings. The van der Waals surface area contributed by atoms with Crippen molar-refractivity contribution in [3.05, 3.63) is 70.9 Å². The SMILES string of the molecule is O=C(c1cc2ccccc2o1)N1CCCC(O)(C#Cc2cccc(Cl)c2)C1. The van der Waals surface area contributed by atoms with E-state index < -0.39 is 5.60 Å². The van der Waals surface area contributed by atoms with Gasteiger partial charge in [0.05, 0.1) is 6.54 Å². The molecule has 1 saturated heterocycles. The van der Waals surface area contributed by atoms with Gasteiger partial charge in [-0.15, -0.1) is 0 Å². The number of rotatable bonds is 1. The first-order valence-electron chi connectivity index (χ1n) is 8.81. The highest BCUT2D eigenvalue weighted by Crippen LogP contribution is 2.25. The summed E-state index contributed by atoms with van der Waals surface area (Å²) < 4.78 is 5.67. The van der Waals surface area contributed by atoms with Crippen LogP contribution in [0.4, 0.5) is 0 Å². The number of amides is 1. The van der Waals surface area contributed by atoms with Gasteiger partial charge in [-0.2, -0.15) is 0 Å². The number of hydrogen-bond acceptors (Lipinski definition) is 3. The van der Waals surface area contributed by atoms with Gasteiger partial charge in [-0.1, -0.05) is 47.7 Å². The van der Waals surface area contributed by atoms with Crippen LogP contribution in [0.1, 0.15) is 29.0 Å². The number of fused-ring (bicyclic) bond motifs is 1. The lowest BCUT2D eigenvalue weighted by atomic mass is 9.93. The number of likely N-dealkylation sites (tertiary alicyclic amines) is 1. The molecule has 27 heavy (non-hydrogen) atoms. The van der Waals surface area contributed by atoms with Crippen LogP contribution in [0, 0.1) is 11.8 Å². The van der Waals surface area contributed by atoms with Crippen molar-refractivity contribution in [1.82, 2.24) is 4.90 Å². The molecule has 4 nitrogen and oxygen atoms in total. The third-order valence-electron chi connectivity index (χ3n) is 4.66. The van der Waals surface area contributed by atoms with Gasteiger partial charge in [0.15, 0.2) is 5.76 Å². The number of aliphatic hydroxyl groups is 1. The fourth-order valence-corrected chi connectivity index (χ4v) is 3.50. The van der Waals surface area contributed by atoms with E-state index in [-0.39, 0.29) is 18.2 Å². The number of piperidine rings is 1. The van der Waals surface area contributed by atoms with Crippen molar-refractivity contribution in [2.24, 2.45) is 0 Å². The van der Waals surface area contributed by atoms with Gasteiger partial charge in [0.25, 0.3) is 5.91 Å². The maximum absolute atomic E-state index is 12.8. The van der Waals surface area contributed by atoms with Crippen molar-refractivity contribution >= 4 is 28.5 Å². The number of benzene rings is 2. The first kappa shape index (κ1) is 17.7. The van der Waals surface area contributed by atoms with Crippen LogP contribution in [0.3, 0.4) is 0 Å². The van der Waals surface area contributed by atoms with Crippen molar-refractivity contribution in [3.63, 3.8) is 0 Å². The average Bonchev–Trinajstić information content (AvgIpc) is 3.10. The Labute approximate surface area is 162 Å². The molecule has 0 aliphatic carbocycles. The topological polar surface area (TPSA) is 53.7 Å². The van der Waals surface area contributed by atoms with E-state index in [9.17, 15) is 9.90 Å². The minimum atomic E-state index is -1.25. The Morgan fingerprint density at radius 1 is 1.19 bits per heavy atom. The third-order valence-corrected chi connectivity index (χ3v) is 4.89. The maximum atomic E-state index is 12.8. The molecule has 5 heteroatoms. The fourth-order valence-electron chi connectivity index (χ4n) is 3.31. The van der Waals surface area contributed by atoms with Crippen LogP contribution in [0.15, 0.2) is 59.0 Å². The van der Waals surface area contributed by atoms with E-state index >= 15 is 0 Å². The lowest BCUT2D eigenvalue weighted by Gasteiger charge is -2.35. The first-order chi connectivity index (χ1) is 13.0. The molecule has 2 aromatic carbocycles. The van der Waals surface area contributed by atoms with E-state index in [0.29, 0.717) is 30.0 Å². The zero-order chi connectivity index (χ0) is 18.9. The molecule has 3 aromatic rings. The van der Waals surface area contributed by atoms with Gasteiger partial charge in [0, 0.05) is 22.5 Å². The van der Waals surface area contributed by atoms with E-state index in [1.54, 1.807) is 23.1 Å². The monoisotopic (exact) mass is 379 g/mol. The highest BCUT2D eigenvalue weighted by atomic mass is 35.5. The molecule has 2 heterocycles. The number of nitrogens with zero attached hydrogens (tertiary/aromatic N) is 1. The van der Waals surface area contributed by atoms with Crippen LogP contribution in [0.25, 0.3) is 11.0 Å². The Hall–Kier alpha value is -2.74. The number of carbonyl (C=O) groups is 1. The lowest BCUT2D eigenvalue weighted by molar-refractivity contribution is 0.0139. The van der Waals surface area contributed by atoms with E-state index in [1.165, 1.54) is 0 Å². The minimum absolute atomic E-state index is 0.149. The second-order valence-corrected chi connectivity index (χ2v) is 7.21. The summed E-state index contributed by atoms with van der Waals surface area (Å²) in [6.07, 6.45) is 1.19. The molecular weight excluding hydrogens is 362 g/mol. The van der Waals surface area contributed by atoms with Gasteiger partial charge < -0.3 is 14.4 Å². The maximum Gasteiger partial charge on any atom is 0.289 e. The van der Waals surface area contributed by atoms with Crippen LogP contribution < -0.4 is 0 Å². The number of carbonyl (C=O) groups excluding carboxylic acids is 1. The number of para-hydroxylation sites is 1. The Kier molecular flexibility index (Phi) is 4.65. The molecule has 136 valence electrons. The van der Waals surface area contributed by atoms with Crippen LogP contribution >= 0.6 is 11.6 Å². The normalized spacial score (nSPS) is 19.6. The second-order valence-electron chi connectivity index (χ2n) is 6.77. The summed E-state index contributed by atoms with van der Waals surface area (Å²) in [6.45, 7) is 0.716.